The maximum absolute atomic E-state index is 12.1. The van der Waals surface area contributed by atoms with Gasteiger partial charge in [0.05, 0.1) is 41.5 Å². The molecular weight excluding hydrogens is 468 g/mol. The monoisotopic (exact) mass is 494 g/mol. The summed E-state index contributed by atoms with van der Waals surface area (Å²) in [6.45, 7) is 2.58. The van der Waals surface area contributed by atoms with Crippen LogP contribution >= 0.6 is 0 Å². The fraction of sp³-hybridized carbons (Fsp3) is 0.296. The highest BCUT2D eigenvalue weighted by molar-refractivity contribution is 5.90. The van der Waals surface area contributed by atoms with E-state index >= 15 is 0 Å². The molecule has 3 heterocycles. The number of amides is 1. The summed E-state index contributed by atoms with van der Waals surface area (Å²) in [7, 11) is 1.44. The second-order valence-corrected chi connectivity index (χ2v) is 9.12. The van der Waals surface area contributed by atoms with E-state index in [1.807, 2.05) is 18.2 Å². The van der Waals surface area contributed by atoms with E-state index in [1.54, 1.807) is 35.1 Å². The van der Waals surface area contributed by atoms with Gasteiger partial charge in [0.25, 0.3) is 5.91 Å². The number of carbonyl (C=O) groups excluding carboxylic acids is 1. The lowest BCUT2D eigenvalue weighted by atomic mass is 10.0. The molecule has 0 bridgehead atoms. The van der Waals surface area contributed by atoms with E-state index in [0.717, 1.165) is 17.3 Å². The Hall–Kier alpha value is -4.49. The van der Waals surface area contributed by atoms with Crippen LogP contribution in [0.15, 0.2) is 54.7 Å². The molecule has 1 aromatic carbocycles. The van der Waals surface area contributed by atoms with Gasteiger partial charge in [0.1, 0.15) is 12.3 Å². The van der Waals surface area contributed by atoms with Crippen LogP contribution in [-0.4, -0.2) is 49.6 Å². The van der Waals surface area contributed by atoms with Crippen LogP contribution < -0.4 is 5.32 Å². The lowest BCUT2D eigenvalue weighted by molar-refractivity contribution is -0.119. The topological polar surface area (TPSA) is 132 Å². The summed E-state index contributed by atoms with van der Waals surface area (Å²) in [5.74, 6) is 0.915. The van der Waals surface area contributed by atoms with Gasteiger partial charge in [-0.05, 0) is 49.1 Å². The number of carbonyl (C=O) groups is 1. The molecule has 0 aliphatic heterocycles. The fourth-order valence-electron chi connectivity index (χ4n) is 4.16. The van der Waals surface area contributed by atoms with Gasteiger partial charge in [-0.3, -0.25) is 15.1 Å². The van der Waals surface area contributed by atoms with Gasteiger partial charge in [-0.1, -0.05) is 30.3 Å². The molecule has 1 unspecified atom stereocenters. The smallest absolute Gasteiger partial charge is 0.252 e. The van der Waals surface area contributed by atoms with Crippen LogP contribution in [0.4, 0.5) is 5.95 Å². The molecule has 186 valence electrons. The molecule has 1 N–H and O–H groups in total. The minimum atomic E-state index is -0.383. The zero-order chi connectivity index (χ0) is 25.8. The number of pyridine rings is 1. The lowest BCUT2D eigenvalue weighted by Crippen LogP contribution is -2.19. The Morgan fingerprint density at radius 3 is 2.73 bits per heavy atom. The third-order valence-corrected chi connectivity index (χ3v) is 6.29. The Morgan fingerprint density at radius 2 is 1.95 bits per heavy atom. The average molecular weight is 495 g/mol. The van der Waals surface area contributed by atoms with E-state index in [9.17, 15) is 10.1 Å². The number of nitrogens with zero attached hydrogens (tertiary/aromatic N) is 7. The highest BCUT2D eigenvalue weighted by Gasteiger charge is 2.29. The van der Waals surface area contributed by atoms with Gasteiger partial charge in [-0.2, -0.15) is 5.26 Å². The SMILES string of the molecule is COCC(=O)Nc1nc(-c2cccc(C#N)c2)cc(-c2cn(Cc3cccc(C(C)C4CC4)n3)nn2)n1. The standard InChI is InChI=1S/C27H26N8O2/c1-17(19-9-10-19)22-8-4-7-21(29-22)14-35-15-25(33-34-35)24-12-23(20-6-3-5-18(11-20)13-28)30-27(31-24)32-26(36)16-37-2/h3-8,11-12,15,17,19H,9-10,14,16H2,1-2H3,(H,30,31,32,36). The van der Waals surface area contributed by atoms with Crippen molar-refractivity contribution in [3.8, 4) is 28.7 Å². The van der Waals surface area contributed by atoms with Crippen molar-refractivity contribution in [2.24, 2.45) is 5.92 Å². The molecule has 5 rings (SSSR count). The highest BCUT2D eigenvalue weighted by atomic mass is 16.5. The summed E-state index contributed by atoms with van der Waals surface area (Å²) in [6, 6.07) is 17.1. The van der Waals surface area contributed by atoms with E-state index in [2.05, 4.69) is 44.7 Å². The van der Waals surface area contributed by atoms with Crippen molar-refractivity contribution in [1.29, 1.82) is 5.26 Å². The molecule has 10 heteroatoms. The zero-order valence-corrected chi connectivity index (χ0v) is 20.6. The van der Waals surface area contributed by atoms with Crippen LogP contribution in [0.25, 0.3) is 22.6 Å². The van der Waals surface area contributed by atoms with Crippen molar-refractivity contribution in [3.63, 3.8) is 0 Å². The predicted octanol–water partition coefficient (Wildman–Crippen LogP) is 3.82. The van der Waals surface area contributed by atoms with Gasteiger partial charge < -0.3 is 4.74 Å². The Balaban J connectivity index is 1.44. The van der Waals surface area contributed by atoms with Gasteiger partial charge in [0, 0.05) is 24.3 Å². The first kappa shape index (κ1) is 24.2. The third-order valence-electron chi connectivity index (χ3n) is 6.29. The Bertz CT molecular complexity index is 1470. The average Bonchev–Trinajstić information content (AvgIpc) is 3.66. The van der Waals surface area contributed by atoms with Crippen LogP contribution in [0.5, 0.6) is 0 Å². The maximum atomic E-state index is 12.1. The van der Waals surface area contributed by atoms with E-state index < -0.39 is 0 Å². The lowest BCUT2D eigenvalue weighted by Gasteiger charge is -2.10. The summed E-state index contributed by atoms with van der Waals surface area (Å²) in [5.41, 5.74) is 4.76. The van der Waals surface area contributed by atoms with Gasteiger partial charge in [-0.15, -0.1) is 5.10 Å². The number of nitriles is 1. The van der Waals surface area contributed by atoms with Crippen LogP contribution in [0.3, 0.4) is 0 Å². The Labute approximate surface area is 214 Å². The molecule has 10 nitrogen and oxygen atoms in total. The van der Waals surface area contributed by atoms with E-state index in [0.29, 0.717) is 40.7 Å². The minimum absolute atomic E-state index is 0.106. The van der Waals surface area contributed by atoms with Gasteiger partial charge in [0.15, 0.2) is 0 Å². The molecule has 37 heavy (non-hydrogen) atoms. The molecular formula is C27H26N8O2. The summed E-state index contributed by atoms with van der Waals surface area (Å²) < 4.78 is 6.61. The van der Waals surface area contributed by atoms with Gasteiger partial charge in [-0.25, -0.2) is 14.6 Å². The molecule has 0 radical (unpaired) electrons. The Kier molecular flexibility index (Phi) is 6.96. The number of methoxy groups -OCH3 is 1. The molecule has 1 aliphatic rings. The number of aromatic nitrogens is 6. The number of ether oxygens (including phenoxy) is 1. The van der Waals surface area contributed by atoms with Crippen LogP contribution in [0.2, 0.25) is 0 Å². The second kappa shape index (κ2) is 10.6. The summed E-state index contributed by atoms with van der Waals surface area (Å²) in [5, 5.41) is 20.5. The van der Waals surface area contributed by atoms with Crippen molar-refractivity contribution in [2.45, 2.75) is 32.2 Å². The van der Waals surface area contributed by atoms with Gasteiger partial charge in [0.2, 0.25) is 5.95 Å². The molecule has 1 saturated carbocycles. The van der Waals surface area contributed by atoms with Crippen LogP contribution in [0, 0.1) is 17.2 Å². The number of anilines is 1. The predicted molar refractivity (Wildman–Crippen MR) is 136 cm³/mol. The van der Waals surface area contributed by atoms with Crippen molar-refractivity contribution < 1.29 is 9.53 Å². The van der Waals surface area contributed by atoms with Crippen molar-refractivity contribution in [1.82, 2.24) is 29.9 Å². The molecule has 3 aromatic heterocycles. The number of rotatable bonds is 9. The summed E-state index contributed by atoms with van der Waals surface area (Å²) >= 11 is 0. The zero-order valence-electron chi connectivity index (χ0n) is 20.6. The van der Waals surface area contributed by atoms with Crippen molar-refractivity contribution >= 4 is 11.9 Å². The highest BCUT2D eigenvalue weighted by Crippen LogP contribution is 2.41. The third kappa shape index (κ3) is 5.85. The van der Waals surface area contributed by atoms with E-state index in [4.69, 9.17) is 9.72 Å². The minimum Gasteiger partial charge on any atom is -0.375 e. The number of hydrogen-bond donors (Lipinski definition) is 1. The second-order valence-electron chi connectivity index (χ2n) is 9.12. The van der Waals surface area contributed by atoms with Crippen molar-refractivity contribution in [2.75, 3.05) is 19.0 Å². The van der Waals surface area contributed by atoms with E-state index in [1.165, 1.54) is 20.0 Å². The molecule has 0 saturated heterocycles. The first-order valence-corrected chi connectivity index (χ1v) is 12.1. The largest absolute Gasteiger partial charge is 0.375 e. The van der Waals surface area contributed by atoms with Crippen LogP contribution in [0.1, 0.15) is 42.6 Å². The molecule has 1 fully saturated rings. The van der Waals surface area contributed by atoms with Crippen LogP contribution in [-0.2, 0) is 16.1 Å². The Morgan fingerprint density at radius 1 is 1.14 bits per heavy atom. The first-order chi connectivity index (χ1) is 18.0. The van der Waals surface area contributed by atoms with E-state index in [-0.39, 0.29) is 18.5 Å². The summed E-state index contributed by atoms with van der Waals surface area (Å²) in [4.78, 5) is 25.9. The molecule has 0 spiro atoms. The molecule has 1 aliphatic carbocycles. The molecule has 1 amide bonds. The summed E-state index contributed by atoms with van der Waals surface area (Å²) in [6.07, 6.45) is 4.33. The normalized spacial score (nSPS) is 13.6. The number of benzene rings is 1. The quantitative estimate of drug-likeness (QED) is 0.371. The number of nitrogens with one attached hydrogen (secondary N) is 1. The molecule has 4 aromatic rings. The fourth-order valence-corrected chi connectivity index (χ4v) is 4.16. The maximum Gasteiger partial charge on any atom is 0.252 e. The van der Waals surface area contributed by atoms with Gasteiger partial charge >= 0.3 is 0 Å². The van der Waals surface area contributed by atoms with Crippen molar-refractivity contribution in [3.05, 3.63) is 71.7 Å². The molecule has 1 atom stereocenters. The first-order valence-electron chi connectivity index (χ1n) is 12.1. The number of hydrogen-bond acceptors (Lipinski definition) is 8.